The second-order valence-corrected chi connectivity index (χ2v) is 4.23. The van der Waals surface area contributed by atoms with Gasteiger partial charge in [0.25, 0.3) is 0 Å². The monoisotopic (exact) mass is 237 g/mol. The zero-order chi connectivity index (χ0) is 12.5. The van der Waals surface area contributed by atoms with E-state index < -0.39 is 0 Å². The molecule has 1 rings (SSSR count). The van der Waals surface area contributed by atoms with Crippen LogP contribution in [0.2, 0.25) is 0 Å². The van der Waals surface area contributed by atoms with Crippen molar-refractivity contribution < 1.29 is 9.84 Å². The number of nitrogens with one attached hydrogen (secondary N) is 1. The molecule has 0 radical (unpaired) electrons. The van der Waals surface area contributed by atoms with E-state index in [1.807, 2.05) is 12.1 Å². The van der Waals surface area contributed by atoms with Gasteiger partial charge in [0.05, 0.1) is 13.2 Å². The number of rotatable bonds is 8. The van der Waals surface area contributed by atoms with Gasteiger partial charge in [-0.25, -0.2) is 0 Å². The van der Waals surface area contributed by atoms with Crippen molar-refractivity contribution in [1.29, 1.82) is 0 Å². The van der Waals surface area contributed by atoms with E-state index in [1.165, 1.54) is 11.1 Å². The third kappa shape index (κ3) is 5.20. The van der Waals surface area contributed by atoms with Crippen molar-refractivity contribution >= 4 is 0 Å². The molecule has 17 heavy (non-hydrogen) atoms. The maximum absolute atomic E-state index is 8.59. The molecule has 3 heteroatoms. The lowest BCUT2D eigenvalue weighted by Gasteiger charge is -2.10. The molecule has 0 aromatic heterocycles. The van der Waals surface area contributed by atoms with Crippen LogP contribution in [-0.4, -0.2) is 31.4 Å². The van der Waals surface area contributed by atoms with E-state index in [0.29, 0.717) is 6.54 Å². The topological polar surface area (TPSA) is 41.5 Å². The summed E-state index contributed by atoms with van der Waals surface area (Å²) in [6.07, 6.45) is 2.11. The second kappa shape index (κ2) is 8.09. The van der Waals surface area contributed by atoms with E-state index in [9.17, 15) is 0 Å². The Labute approximate surface area is 104 Å². The molecule has 2 N–H and O–H groups in total. The first-order valence-corrected chi connectivity index (χ1v) is 6.26. The molecule has 0 aliphatic carbocycles. The van der Waals surface area contributed by atoms with E-state index in [-0.39, 0.29) is 6.61 Å². The van der Waals surface area contributed by atoms with Crippen LogP contribution in [-0.2, 0) is 0 Å². The molecule has 0 heterocycles. The number of benzene rings is 1. The predicted octanol–water partition coefficient (Wildman–Crippen LogP) is 2.04. The summed E-state index contributed by atoms with van der Waals surface area (Å²) in [5.74, 6) is 0.994. The number of ether oxygens (including phenoxy) is 1. The average Bonchev–Trinajstić information content (AvgIpc) is 2.33. The summed E-state index contributed by atoms with van der Waals surface area (Å²) in [6, 6.07) is 6.15. The fourth-order valence-electron chi connectivity index (χ4n) is 1.62. The van der Waals surface area contributed by atoms with Gasteiger partial charge >= 0.3 is 0 Å². The van der Waals surface area contributed by atoms with Crippen LogP contribution in [0.4, 0.5) is 0 Å². The van der Waals surface area contributed by atoms with E-state index in [4.69, 9.17) is 9.84 Å². The molecular weight excluding hydrogens is 214 g/mol. The van der Waals surface area contributed by atoms with Gasteiger partial charge in [-0.2, -0.15) is 0 Å². The quantitative estimate of drug-likeness (QED) is 0.680. The second-order valence-electron chi connectivity index (χ2n) is 4.23. The SMILES string of the molecule is Cc1cccc(OCCCCNCCO)c1C. The fraction of sp³-hybridized carbons (Fsp3) is 0.571. The van der Waals surface area contributed by atoms with Crippen molar-refractivity contribution in [3.63, 3.8) is 0 Å². The molecule has 0 atom stereocenters. The zero-order valence-electron chi connectivity index (χ0n) is 10.8. The summed E-state index contributed by atoms with van der Waals surface area (Å²) in [6.45, 7) is 6.77. The van der Waals surface area contributed by atoms with Crippen LogP contribution in [0.15, 0.2) is 18.2 Å². The molecule has 0 fully saturated rings. The number of hydrogen-bond donors (Lipinski definition) is 2. The van der Waals surface area contributed by atoms with Crippen LogP contribution >= 0.6 is 0 Å². The van der Waals surface area contributed by atoms with Crippen molar-refractivity contribution in [3.05, 3.63) is 29.3 Å². The highest BCUT2D eigenvalue weighted by Crippen LogP contribution is 2.20. The highest BCUT2D eigenvalue weighted by molar-refractivity contribution is 5.38. The summed E-state index contributed by atoms with van der Waals surface area (Å²) in [7, 11) is 0. The summed E-state index contributed by atoms with van der Waals surface area (Å²) in [5, 5.41) is 11.7. The van der Waals surface area contributed by atoms with Gasteiger partial charge in [0, 0.05) is 6.54 Å². The largest absolute Gasteiger partial charge is 0.493 e. The van der Waals surface area contributed by atoms with Gasteiger partial charge in [0.15, 0.2) is 0 Å². The Balaban J connectivity index is 2.16. The van der Waals surface area contributed by atoms with Crippen LogP contribution in [0.3, 0.4) is 0 Å². The summed E-state index contributed by atoms with van der Waals surface area (Å²) in [4.78, 5) is 0. The highest BCUT2D eigenvalue weighted by Gasteiger charge is 2.00. The van der Waals surface area contributed by atoms with Gasteiger partial charge in [0.1, 0.15) is 5.75 Å². The van der Waals surface area contributed by atoms with Gasteiger partial charge in [-0.3, -0.25) is 0 Å². The number of hydrogen-bond acceptors (Lipinski definition) is 3. The highest BCUT2D eigenvalue weighted by atomic mass is 16.5. The number of aliphatic hydroxyl groups is 1. The van der Waals surface area contributed by atoms with Crippen molar-refractivity contribution in [2.45, 2.75) is 26.7 Å². The van der Waals surface area contributed by atoms with E-state index >= 15 is 0 Å². The average molecular weight is 237 g/mol. The lowest BCUT2D eigenvalue weighted by atomic mass is 10.1. The molecule has 0 unspecified atom stereocenters. The Morgan fingerprint density at radius 2 is 2.00 bits per heavy atom. The minimum Gasteiger partial charge on any atom is -0.493 e. The molecule has 96 valence electrons. The zero-order valence-corrected chi connectivity index (χ0v) is 10.8. The van der Waals surface area contributed by atoms with E-state index in [2.05, 4.69) is 25.2 Å². The number of unbranched alkanes of at least 4 members (excludes halogenated alkanes) is 1. The maximum atomic E-state index is 8.59. The summed E-state index contributed by atoms with van der Waals surface area (Å²) >= 11 is 0. The van der Waals surface area contributed by atoms with Crippen LogP contribution < -0.4 is 10.1 Å². The molecule has 0 aliphatic rings. The van der Waals surface area contributed by atoms with Crippen LogP contribution in [0.25, 0.3) is 0 Å². The molecule has 0 amide bonds. The Bertz CT molecular complexity index is 326. The van der Waals surface area contributed by atoms with Gasteiger partial charge in [-0.1, -0.05) is 12.1 Å². The lowest BCUT2D eigenvalue weighted by Crippen LogP contribution is -2.19. The summed E-state index contributed by atoms with van der Waals surface area (Å²) in [5.41, 5.74) is 2.50. The Kier molecular flexibility index (Phi) is 6.67. The first kappa shape index (κ1) is 14.0. The van der Waals surface area contributed by atoms with Crippen molar-refractivity contribution in [2.75, 3.05) is 26.3 Å². The first-order chi connectivity index (χ1) is 8.25. The van der Waals surface area contributed by atoms with Crippen LogP contribution in [0, 0.1) is 13.8 Å². The third-order valence-corrected chi connectivity index (χ3v) is 2.85. The predicted molar refractivity (Wildman–Crippen MR) is 70.6 cm³/mol. The lowest BCUT2D eigenvalue weighted by molar-refractivity contribution is 0.286. The molecule has 0 aliphatic heterocycles. The molecule has 0 saturated heterocycles. The van der Waals surface area contributed by atoms with Gasteiger partial charge in [-0.05, 0) is 50.4 Å². The van der Waals surface area contributed by atoms with Gasteiger partial charge in [0.2, 0.25) is 0 Å². The Morgan fingerprint density at radius 3 is 2.76 bits per heavy atom. The molecule has 0 spiro atoms. The van der Waals surface area contributed by atoms with E-state index in [1.54, 1.807) is 0 Å². The van der Waals surface area contributed by atoms with Crippen molar-refractivity contribution in [1.82, 2.24) is 5.32 Å². The minimum atomic E-state index is 0.207. The molecular formula is C14H23NO2. The third-order valence-electron chi connectivity index (χ3n) is 2.85. The molecule has 0 saturated carbocycles. The smallest absolute Gasteiger partial charge is 0.122 e. The Hall–Kier alpha value is -1.06. The van der Waals surface area contributed by atoms with Crippen molar-refractivity contribution in [2.24, 2.45) is 0 Å². The number of aryl methyl sites for hydroxylation is 1. The normalized spacial score (nSPS) is 10.5. The molecule has 3 nitrogen and oxygen atoms in total. The standard InChI is InChI=1S/C14H23NO2/c1-12-6-5-7-14(13(12)2)17-11-4-3-8-15-9-10-16/h5-7,15-16H,3-4,8-11H2,1-2H3. The van der Waals surface area contributed by atoms with E-state index in [0.717, 1.165) is 31.7 Å². The number of aliphatic hydroxyl groups excluding tert-OH is 1. The molecule has 1 aromatic carbocycles. The first-order valence-electron chi connectivity index (χ1n) is 6.26. The summed E-state index contributed by atoms with van der Waals surface area (Å²) < 4.78 is 5.75. The van der Waals surface area contributed by atoms with Gasteiger partial charge in [-0.15, -0.1) is 0 Å². The Morgan fingerprint density at radius 1 is 1.18 bits per heavy atom. The molecule has 0 bridgehead atoms. The fourth-order valence-corrected chi connectivity index (χ4v) is 1.62. The van der Waals surface area contributed by atoms with Crippen LogP contribution in [0.1, 0.15) is 24.0 Å². The molecule has 1 aromatic rings. The maximum Gasteiger partial charge on any atom is 0.122 e. The van der Waals surface area contributed by atoms with Crippen molar-refractivity contribution in [3.8, 4) is 5.75 Å². The van der Waals surface area contributed by atoms with Gasteiger partial charge < -0.3 is 15.2 Å². The van der Waals surface area contributed by atoms with Crippen LogP contribution in [0.5, 0.6) is 5.75 Å². The minimum absolute atomic E-state index is 0.207.